The van der Waals surface area contributed by atoms with Gasteiger partial charge < -0.3 is 14.4 Å². The quantitative estimate of drug-likeness (QED) is 0.547. The van der Waals surface area contributed by atoms with E-state index in [0.717, 1.165) is 31.5 Å². The Balaban J connectivity index is 1.90. The van der Waals surface area contributed by atoms with Crippen molar-refractivity contribution in [2.45, 2.75) is 39.2 Å². The maximum atomic E-state index is 12.0. The SMILES string of the molecule is COC(=O)C=C1CC2CN(C(=O)OC(C)(C)C)CC2C1. The van der Waals surface area contributed by atoms with E-state index in [4.69, 9.17) is 4.74 Å². The first-order valence-corrected chi connectivity index (χ1v) is 7.04. The maximum Gasteiger partial charge on any atom is 0.410 e. The molecule has 0 bridgehead atoms. The zero-order chi connectivity index (χ0) is 14.9. The minimum absolute atomic E-state index is 0.231. The summed E-state index contributed by atoms with van der Waals surface area (Å²) < 4.78 is 10.0. The molecule has 5 heteroatoms. The van der Waals surface area contributed by atoms with Gasteiger partial charge in [-0.1, -0.05) is 5.57 Å². The second kappa shape index (κ2) is 5.46. The first-order chi connectivity index (χ1) is 9.28. The van der Waals surface area contributed by atoms with E-state index in [9.17, 15) is 9.59 Å². The summed E-state index contributed by atoms with van der Waals surface area (Å²) in [7, 11) is 1.39. The Morgan fingerprint density at radius 1 is 1.20 bits per heavy atom. The molecule has 112 valence electrons. The van der Waals surface area contributed by atoms with Crippen molar-refractivity contribution in [3.8, 4) is 0 Å². The van der Waals surface area contributed by atoms with E-state index in [-0.39, 0.29) is 12.1 Å². The van der Waals surface area contributed by atoms with Crippen molar-refractivity contribution >= 4 is 12.1 Å². The first kappa shape index (κ1) is 14.9. The lowest BCUT2D eigenvalue weighted by atomic mass is 10.0. The molecular formula is C15H23NO4. The van der Waals surface area contributed by atoms with Crippen molar-refractivity contribution in [1.29, 1.82) is 0 Å². The average molecular weight is 281 g/mol. The van der Waals surface area contributed by atoms with Gasteiger partial charge in [0.2, 0.25) is 0 Å². The fourth-order valence-corrected chi connectivity index (χ4v) is 2.98. The molecular weight excluding hydrogens is 258 g/mol. The fourth-order valence-electron chi connectivity index (χ4n) is 2.98. The lowest BCUT2D eigenvalue weighted by molar-refractivity contribution is -0.134. The van der Waals surface area contributed by atoms with Gasteiger partial charge in [0.05, 0.1) is 7.11 Å². The molecule has 1 aliphatic carbocycles. The molecule has 20 heavy (non-hydrogen) atoms. The van der Waals surface area contributed by atoms with Gasteiger partial charge in [0.1, 0.15) is 5.60 Å². The molecule has 2 atom stereocenters. The topological polar surface area (TPSA) is 55.8 Å². The number of nitrogens with zero attached hydrogens (tertiary/aromatic N) is 1. The number of allylic oxidation sites excluding steroid dienone is 1. The molecule has 2 unspecified atom stereocenters. The molecule has 0 aromatic carbocycles. The van der Waals surface area contributed by atoms with Gasteiger partial charge in [-0.25, -0.2) is 9.59 Å². The molecule has 1 saturated heterocycles. The van der Waals surface area contributed by atoms with Gasteiger partial charge in [0.25, 0.3) is 0 Å². The van der Waals surface area contributed by atoms with Crippen molar-refractivity contribution in [3.63, 3.8) is 0 Å². The van der Waals surface area contributed by atoms with Gasteiger partial charge in [-0.2, -0.15) is 0 Å². The molecule has 2 aliphatic rings. The Hall–Kier alpha value is -1.52. The third-order valence-corrected chi connectivity index (χ3v) is 3.80. The average Bonchev–Trinajstić information content (AvgIpc) is 2.84. The highest BCUT2D eigenvalue weighted by Gasteiger charge is 2.41. The van der Waals surface area contributed by atoms with Crippen molar-refractivity contribution in [2.24, 2.45) is 11.8 Å². The monoisotopic (exact) mass is 281 g/mol. The molecule has 0 aromatic rings. The number of amides is 1. The van der Waals surface area contributed by atoms with Crippen LogP contribution >= 0.6 is 0 Å². The Morgan fingerprint density at radius 2 is 1.75 bits per heavy atom. The van der Waals surface area contributed by atoms with Crippen LogP contribution in [0.4, 0.5) is 4.79 Å². The van der Waals surface area contributed by atoms with Gasteiger partial charge in [-0.15, -0.1) is 0 Å². The van der Waals surface area contributed by atoms with Crippen molar-refractivity contribution in [3.05, 3.63) is 11.6 Å². The normalized spacial score (nSPS) is 25.4. The van der Waals surface area contributed by atoms with Crippen LogP contribution in [0.1, 0.15) is 33.6 Å². The van der Waals surface area contributed by atoms with Crippen LogP contribution in [-0.2, 0) is 14.3 Å². The molecule has 2 fully saturated rings. The number of likely N-dealkylation sites (tertiary alicyclic amines) is 1. The van der Waals surface area contributed by atoms with E-state index in [0.29, 0.717) is 11.8 Å². The number of hydrogen-bond donors (Lipinski definition) is 0. The second-order valence-corrected chi connectivity index (χ2v) is 6.64. The van der Waals surface area contributed by atoms with Crippen LogP contribution in [0.15, 0.2) is 11.6 Å². The summed E-state index contributed by atoms with van der Waals surface area (Å²) in [4.78, 5) is 25.0. The molecule has 0 N–H and O–H groups in total. The fraction of sp³-hybridized carbons (Fsp3) is 0.733. The van der Waals surface area contributed by atoms with E-state index in [1.54, 1.807) is 11.0 Å². The van der Waals surface area contributed by atoms with Crippen LogP contribution in [0.25, 0.3) is 0 Å². The molecule has 0 spiro atoms. The molecule has 0 radical (unpaired) electrons. The molecule has 1 amide bonds. The van der Waals surface area contributed by atoms with Gasteiger partial charge >= 0.3 is 12.1 Å². The molecule has 5 nitrogen and oxygen atoms in total. The van der Waals surface area contributed by atoms with Crippen molar-refractivity contribution in [2.75, 3.05) is 20.2 Å². The van der Waals surface area contributed by atoms with Crippen LogP contribution < -0.4 is 0 Å². The van der Waals surface area contributed by atoms with E-state index in [1.165, 1.54) is 7.11 Å². The smallest absolute Gasteiger partial charge is 0.410 e. The lowest BCUT2D eigenvalue weighted by Gasteiger charge is -2.24. The Kier molecular flexibility index (Phi) is 4.06. The highest BCUT2D eigenvalue weighted by molar-refractivity contribution is 5.82. The third-order valence-electron chi connectivity index (χ3n) is 3.80. The van der Waals surface area contributed by atoms with Crippen LogP contribution in [0.3, 0.4) is 0 Å². The molecule has 0 aromatic heterocycles. The van der Waals surface area contributed by atoms with Gasteiger partial charge in [0.15, 0.2) is 0 Å². The summed E-state index contributed by atoms with van der Waals surface area (Å²) in [6.07, 6.45) is 3.11. The predicted octanol–water partition coefficient (Wildman–Crippen LogP) is 2.36. The predicted molar refractivity (Wildman–Crippen MR) is 74.1 cm³/mol. The Labute approximate surface area is 119 Å². The maximum absolute atomic E-state index is 12.0. The van der Waals surface area contributed by atoms with E-state index < -0.39 is 5.60 Å². The number of esters is 1. The summed E-state index contributed by atoms with van der Waals surface area (Å²) >= 11 is 0. The highest BCUT2D eigenvalue weighted by atomic mass is 16.6. The largest absolute Gasteiger partial charge is 0.466 e. The minimum atomic E-state index is -0.454. The number of carbonyl (C=O) groups is 2. The van der Waals surface area contributed by atoms with Crippen LogP contribution in [0, 0.1) is 11.8 Å². The number of methoxy groups -OCH3 is 1. The van der Waals surface area contributed by atoms with Crippen molar-refractivity contribution in [1.82, 2.24) is 4.90 Å². The zero-order valence-electron chi connectivity index (χ0n) is 12.6. The van der Waals surface area contributed by atoms with Gasteiger partial charge in [-0.05, 0) is 45.4 Å². The molecule has 1 aliphatic heterocycles. The molecule has 1 heterocycles. The van der Waals surface area contributed by atoms with E-state index in [1.807, 2.05) is 20.8 Å². The van der Waals surface area contributed by atoms with Gasteiger partial charge in [0, 0.05) is 19.2 Å². The molecule has 2 rings (SSSR count). The van der Waals surface area contributed by atoms with Crippen LogP contribution in [-0.4, -0.2) is 42.8 Å². The first-order valence-electron chi connectivity index (χ1n) is 7.04. The number of hydrogen-bond acceptors (Lipinski definition) is 4. The number of rotatable bonds is 1. The summed E-state index contributed by atoms with van der Waals surface area (Å²) in [5, 5.41) is 0. The van der Waals surface area contributed by atoms with Crippen LogP contribution in [0.2, 0.25) is 0 Å². The molecule has 1 saturated carbocycles. The number of ether oxygens (including phenoxy) is 2. The lowest BCUT2D eigenvalue weighted by Crippen LogP contribution is -2.35. The van der Waals surface area contributed by atoms with Crippen molar-refractivity contribution < 1.29 is 19.1 Å². The minimum Gasteiger partial charge on any atom is -0.466 e. The summed E-state index contributed by atoms with van der Waals surface area (Å²) in [5.41, 5.74) is 0.681. The van der Waals surface area contributed by atoms with Gasteiger partial charge in [-0.3, -0.25) is 0 Å². The van der Waals surface area contributed by atoms with Crippen LogP contribution in [0.5, 0.6) is 0 Å². The Bertz CT molecular complexity index is 420. The highest BCUT2D eigenvalue weighted by Crippen LogP contribution is 2.41. The summed E-state index contributed by atoms with van der Waals surface area (Å²) in [6, 6.07) is 0. The number of carbonyl (C=O) groups excluding carboxylic acids is 2. The standard InChI is InChI=1S/C15H23NO4/c1-15(2,3)20-14(18)16-8-11-5-10(6-12(11)9-16)7-13(17)19-4/h7,11-12H,5-6,8-9H2,1-4H3. The Morgan fingerprint density at radius 3 is 2.20 bits per heavy atom. The summed E-state index contributed by atoms with van der Waals surface area (Å²) in [5.74, 6) is 0.598. The zero-order valence-corrected chi connectivity index (χ0v) is 12.6. The van der Waals surface area contributed by atoms with E-state index >= 15 is 0 Å². The summed E-state index contributed by atoms with van der Waals surface area (Å²) in [6.45, 7) is 7.06. The third kappa shape index (κ3) is 3.52. The number of fused-ring (bicyclic) bond motifs is 1. The second-order valence-electron chi connectivity index (χ2n) is 6.64. The van der Waals surface area contributed by atoms with E-state index in [2.05, 4.69) is 4.74 Å².